The van der Waals surface area contributed by atoms with Crippen LogP contribution in [0.25, 0.3) is 0 Å². The fourth-order valence-electron chi connectivity index (χ4n) is 5.82. The van der Waals surface area contributed by atoms with E-state index in [0.29, 0.717) is 18.4 Å². The molecular weight excluding hydrogens is 424 g/mol. The third-order valence-electron chi connectivity index (χ3n) is 7.64. The van der Waals surface area contributed by atoms with Gasteiger partial charge in [-0.25, -0.2) is 9.59 Å². The third-order valence-corrected chi connectivity index (χ3v) is 7.64. The molecule has 0 bridgehead atoms. The molecule has 34 heavy (non-hydrogen) atoms. The van der Waals surface area contributed by atoms with Crippen molar-refractivity contribution in [2.24, 2.45) is 22.7 Å². The number of amides is 4. The number of urea groups is 2. The lowest BCUT2D eigenvalue weighted by atomic mass is 9.62. The second-order valence-electron chi connectivity index (χ2n) is 12.0. The number of hydrogen-bond donors (Lipinski definition) is 4. The van der Waals surface area contributed by atoms with E-state index in [9.17, 15) is 9.59 Å². The van der Waals surface area contributed by atoms with Gasteiger partial charge in [-0.3, -0.25) is 0 Å². The zero-order valence-electron chi connectivity index (χ0n) is 23.4. The maximum absolute atomic E-state index is 12.6. The normalized spacial score (nSPS) is 23.6. The number of hydrogen-bond acceptors (Lipinski definition) is 2. The van der Waals surface area contributed by atoms with Crippen LogP contribution in [-0.4, -0.2) is 37.7 Å². The molecule has 6 nitrogen and oxygen atoms in total. The van der Waals surface area contributed by atoms with Crippen molar-refractivity contribution in [3.05, 3.63) is 0 Å². The molecule has 1 fully saturated rings. The Morgan fingerprint density at radius 3 is 1.82 bits per heavy atom. The molecule has 200 valence electrons. The molecule has 4 atom stereocenters. The summed E-state index contributed by atoms with van der Waals surface area (Å²) in [6.45, 7) is 17.7. The molecule has 0 radical (unpaired) electrons. The second kappa shape index (κ2) is 15.5. The average molecular weight is 481 g/mol. The topological polar surface area (TPSA) is 82.3 Å². The van der Waals surface area contributed by atoms with Crippen molar-refractivity contribution in [3.63, 3.8) is 0 Å². The Morgan fingerprint density at radius 1 is 0.794 bits per heavy atom. The van der Waals surface area contributed by atoms with Crippen molar-refractivity contribution in [2.75, 3.05) is 19.6 Å². The number of carbonyl (C=O) groups excluding carboxylic acids is 2. The molecule has 0 aromatic carbocycles. The van der Waals surface area contributed by atoms with E-state index < -0.39 is 0 Å². The molecule has 1 saturated carbocycles. The molecule has 1 rings (SSSR count). The molecule has 1 aliphatic carbocycles. The first-order chi connectivity index (χ1) is 16.1. The number of rotatable bonds is 15. The maximum Gasteiger partial charge on any atom is 0.315 e. The largest absolute Gasteiger partial charge is 0.338 e. The highest BCUT2D eigenvalue weighted by molar-refractivity contribution is 5.74. The van der Waals surface area contributed by atoms with Crippen LogP contribution >= 0.6 is 0 Å². The number of nitrogens with one attached hydrogen (secondary N) is 4. The molecular formula is C28H56N4O2. The summed E-state index contributed by atoms with van der Waals surface area (Å²) < 4.78 is 0. The van der Waals surface area contributed by atoms with Crippen molar-refractivity contribution in [3.8, 4) is 0 Å². The molecule has 0 spiro atoms. The fraction of sp³-hybridized carbons (Fsp3) is 0.929. The number of carbonyl (C=O) groups is 2. The minimum atomic E-state index is -0.0699. The van der Waals surface area contributed by atoms with E-state index >= 15 is 0 Å². The Hall–Kier alpha value is -1.46. The van der Waals surface area contributed by atoms with E-state index in [0.717, 1.165) is 45.2 Å². The minimum absolute atomic E-state index is 0.0452. The van der Waals surface area contributed by atoms with Crippen molar-refractivity contribution in [1.29, 1.82) is 0 Å². The summed E-state index contributed by atoms with van der Waals surface area (Å²) >= 11 is 0. The predicted molar refractivity (Wildman–Crippen MR) is 144 cm³/mol. The quantitative estimate of drug-likeness (QED) is 0.213. The minimum Gasteiger partial charge on any atom is -0.338 e. The summed E-state index contributed by atoms with van der Waals surface area (Å²) in [7, 11) is 0. The molecule has 0 aromatic heterocycles. The smallest absolute Gasteiger partial charge is 0.315 e. The van der Waals surface area contributed by atoms with Crippen LogP contribution in [0, 0.1) is 22.7 Å². The molecule has 4 N–H and O–H groups in total. The van der Waals surface area contributed by atoms with Gasteiger partial charge in [-0.15, -0.1) is 0 Å². The van der Waals surface area contributed by atoms with Gasteiger partial charge in [0.1, 0.15) is 0 Å². The van der Waals surface area contributed by atoms with Crippen molar-refractivity contribution < 1.29 is 9.59 Å². The van der Waals surface area contributed by atoms with Crippen molar-refractivity contribution >= 4 is 12.1 Å². The lowest BCUT2D eigenvalue weighted by molar-refractivity contribution is 0.0748. The lowest BCUT2D eigenvalue weighted by Crippen LogP contribution is -2.53. The SMILES string of the molecule is CCCCC(CC)CNC(=O)NCC1(C)CC(NC(=O)NCC(CC)CCCC)CC(C)(C)C1. The Balaban J connectivity index is 2.54. The van der Waals surface area contributed by atoms with Gasteiger partial charge in [0.15, 0.2) is 0 Å². The van der Waals surface area contributed by atoms with Gasteiger partial charge in [-0.1, -0.05) is 87.0 Å². The van der Waals surface area contributed by atoms with Crippen LogP contribution in [0.5, 0.6) is 0 Å². The zero-order chi connectivity index (χ0) is 25.6. The van der Waals surface area contributed by atoms with E-state index in [1.807, 2.05) is 0 Å². The van der Waals surface area contributed by atoms with Gasteiger partial charge in [0.05, 0.1) is 0 Å². The fourth-order valence-corrected chi connectivity index (χ4v) is 5.82. The highest BCUT2D eigenvalue weighted by Gasteiger charge is 2.41. The lowest BCUT2D eigenvalue weighted by Gasteiger charge is -2.47. The molecule has 4 amide bonds. The summed E-state index contributed by atoms with van der Waals surface area (Å²) in [6, 6.07) is -0.00396. The summed E-state index contributed by atoms with van der Waals surface area (Å²) in [5, 5.41) is 12.6. The molecule has 0 saturated heterocycles. The number of unbranched alkanes of at least 4 members (excludes halogenated alkanes) is 2. The zero-order valence-corrected chi connectivity index (χ0v) is 23.4. The van der Waals surface area contributed by atoms with Crippen LogP contribution in [0.1, 0.15) is 119 Å². The van der Waals surface area contributed by atoms with Crippen LogP contribution in [0.2, 0.25) is 0 Å². The molecule has 1 aliphatic rings. The van der Waals surface area contributed by atoms with Crippen LogP contribution in [0.4, 0.5) is 9.59 Å². The summed E-state index contributed by atoms with van der Waals surface area (Å²) in [6.07, 6.45) is 12.2. The van der Waals surface area contributed by atoms with Crippen molar-refractivity contribution in [1.82, 2.24) is 21.3 Å². The van der Waals surface area contributed by atoms with Gasteiger partial charge in [0.25, 0.3) is 0 Å². The summed E-state index contributed by atoms with van der Waals surface area (Å²) in [5.74, 6) is 1.10. The van der Waals surface area contributed by atoms with Crippen LogP contribution in [0.15, 0.2) is 0 Å². The molecule has 0 heterocycles. The molecule has 0 aliphatic heterocycles. The van der Waals surface area contributed by atoms with E-state index in [1.54, 1.807) is 0 Å². The first kappa shape index (κ1) is 30.6. The van der Waals surface area contributed by atoms with Crippen LogP contribution in [-0.2, 0) is 0 Å². The van der Waals surface area contributed by atoms with Gasteiger partial charge < -0.3 is 21.3 Å². The molecule has 4 unspecified atom stereocenters. The average Bonchev–Trinajstić information content (AvgIpc) is 2.76. The standard InChI is InChI=1S/C28H56N4O2/c1-8-12-14-22(10-3)18-29-25(33)31-21-28(7)17-24(16-27(5,6)20-28)32-26(34)30-19-23(11-4)15-13-9-2/h22-24H,8-21H2,1-7H3,(H2,29,31,33)(H2,30,32,34). The molecule has 6 heteroatoms. The Bertz CT molecular complexity index is 595. The Morgan fingerprint density at radius 2 is 1.32 bits per heavy atom. The van der Waals surface area contributed by atoms with Crippen LogP contribution < -0.4 is 21.3 Å². The highest BCUT2D eigenvalue weighted by Crippen LogP contribution is 2.45. The monoisotopic (exact) mass is 480 g/mol. The maximum atomic E-state index is 12.6. The van der Waals surface area contributed by atoms with Gasteiger partial charge >= 0.3 is 12.1 Å². The third kappa shape index (κ3) is 12.3. The first-order valence-corrected chi connectivity index (χ1v) is 14.1. The van der Waals surface area contributed by atoms with E-state index in [1.165, 1.54) is 38.5 Å². The second-order valence-corrected chi connectivity index (χ2v) is 12.0. The van der Waals surface area contributed by atoms with Crippen LogP contribution in [0.3, 0.4) is 0 Å². The van der Waals surface area contributed by atoms with E-state index in [-0.39, 0.29) is 28.9 Å². The predicted octanol–water partition coefficient (Wildman–Crippen LogP) is 6.60. The molecule has 0 aromatic rings. The first-order valence-electron chi connectivity index (χ1n) is 14.1. The van der Waals surface area contributed by atoms with Crippen molar-refractivity contribution in [2.45, 2.75) is 125 Å². The van der Waals surface area contributed by atoms with Gasteiger partial charge in [-0.2, -0.15) is 0 Å². The Labute approximate surface area is 210 Å². The van der Waals surface area contributed by atoms with Gasteiger partial charge in [-0.05, 0) is 54.8 Å². The summed E-state index contributed by atoms with van der Waals surface area (Å²) in [4.78, 5) is 25.1. The summed E-state index contributed by atoms with van der Waals surface area (Å²) in [5.41, 5.74) is 0.0696. The van der Waals surface area contributed by atoms with Gasteiger partial charge in [0.2, 0.25) is 0 Å². The van der Waals surface area contributed by atoms with E-state index in [2.05, 4.69) is 69.7 Å². The van der Waals surface area contributed by atoms with Gasteiger partial charge in [0, 0.05) is 25.7 Å². The Kier molecular flexibility index (Phi) is 14.0. The highest BCUT2D eigenvalue weighted by atomic mass is 16.2. The van der Waals surface area contributed by atoms with E-state index in [4.69, 9.17) is 0 Å².